The topological polar surface area (TPSA) is 57.8 Å². The molecule has 4 nitrogen and oxygen atoms in total. The second kappa shape index (κ2) is 8.26. The summed E-state index contributed by atoms with van der Waals surface area (Å²) in [7, 11) is 0. The van der Waals surface area contributed by atoms with Gasteiger partial charge in [-0.15, -0.1) is 0 Å². The summed E-state index contributed by atoms with van der Waals surface area (Å²) in [5.74, 6) is -0.480. The zero-order valence-electron chi connectivity index (χ0n) is 14.4. The fourth-order valence-corrected chi connectivity index (χ4v) is 3.00. The number of nitrogens with zero attached hydrogens (tertiary/aromatic N) is 2. The Labute approximate surface area is 170 Å². The molecule has 27 heavy (non-hydrogen) atoms. The highest BCUT2D eigenvalue weighted by Crippen LogP contribution is 2.22. The van der Waals surface area contributed by atoms with Crippen LogP contribution in [0.4, 0.5) is 5.69 Å². The van der Waals surface area contributed by atoms with Gasteiger partial charge in [0, 0.05) is 32.8 Å². The average molecular weight is 441 g/mol. The van der Waals surface area contributed by atoms with Crippen molar-refractivity contribution in [2.75, 3.05) is 5.32 Å². The minimum absolute atomic E-state index is 0.00596. The first-order valence-electron chi connectivity index (χ1n) is 8.10. The molecule has 0 aliphatic heterocycles. The number of amides is 1. The van der Waals surface area contributed by atoms with Gasteiger partial charge >= 0.3 is 0 Å². The molecular formula is C21H15BrClN3O. The zero-order valence-corrected chi connectivity index (χ0v) is 16.8. The third kappa shape index (κ3) is 4.48. The third-order valence-corrected chi connectivity index (χ3v) is 4.75. The molecule has 1 amide bonds. The Bertz CT molecular complexity index is 1060. The highest BCUT2D eigenvalue weighted by molar-refractivity contribution is 9.10. The number of carbonyl (C=O) groups is 1. The van der Waals surface area contributed by atoms with Gasteiger partial charge in [0.05, 0.1) is 0 Å². The molecule has 1 heterocycles. The van der Waals surface area contributed by atoms with E-state index in [2.05, 4.69) is 21.2 Å². The molecule has 0 unspecified atom stereocenters. The van der Waals surface area contributed by atoms with Crippen molar-refractivity contribution in [1.82, 2.24) is 4.57 Å². The van der Waals surface area contributed by atoms with E-state index >= 15 is 0 Å². The predicted molar refractivity (Wildman–Crippen MR) is 112 cm³/mol. The molecule has 3 rings (SSSR count). The van der Waals surface area contributed by atoms with Gasteiger partial charge in [-0.1, -0.05) is 33.6 Å². The van der Waals surface area contributed by atoms with Gasteiger partial charge in [-0.25, -0.2) is 0 Å². The number of carbonyl (C=O) groups excluding carboxylic acids is 1. The molecule has 0 radical (unpaired) electrons. The van der Waals surface area contributed by atoms with E-state index in [1.54, 1.807) is 18.2 Å². The Hall–Kier alpha value is -2.81. The van der Waals surface area contributed by atoms with Crippen LogP contribution in [0.25, 0.3) is 11.8 Å². The molecule has 3 aromatic rings. The predicted octanol–water partition coefficient (Wildman–Crippen LogP) is 5.75. The summed E-state index contributed by atoms with van der Waals surface area (Å²) in [6.07, 6.45) is 3.44. The van der Waals surface area contributed by atoms with Gasteiger partial charge in [0.2, 0.25) is 0 Å². The molecule has 0 saturated heterocycles. The number of benzene rings is 2. The number of hydrogen-bond donors (Lipinski definition) is 1. The number of aryl methyl sites for hydroxylation is 1. The fraction of sp³-hybridized carbons (Fsp3) is 0.0476. The van der Waals surface area contributed by atoms with Gasteiger partial charge in [-0.2, -0.15) is 5.26 Å². The lowest BCUT2D eigenvalue weighted by molar-refractivity contribution is -0.112. The summed E-state index contributed by atoms with van der Waals surface area (Å²) >= 11 is 9.40. The largest absolute Gasteiger partial charge is 0.321 e. The molecule has 0 aliphatic rings. The molecule has 1 N–H and O–H groups in total. The van der Waals surface area contributed by atoms with Crippen LogP contribution in [0, 0.1) is 18.3 Å². The van der Waals surface area contributed by atoms with Crippen molar-refractivity contribution in [3.63, 3.8) is 0 Å². The van der Waals surface area contributed by atoms with Crippen LogP contribution in [0.1, 0.15) is 11.3 Å². The van der Waals surface area contributed by atoms with Crippen LogP contribution in [-0.2, 0) is 4.79 Å². The summed E-state index contributed by atoms with van der Waals surface area (Å²) < 4.78 is 2.88. The van der Waals surface area contributed by atoms with Crippen molar-refractivity contribution in [2.45, 2.75) is 6.92 Å². The summed E-state index contributed by atoms with van der Waals surface area (Å²) in [5.41, 5.74) is 3.11. The van der Waals surface area contributed by atoms with E-state index in [1.165, 1.54) is 0 Å². The molecule has 0 spiro atoms. The lowest BCUT2D eigenvalue weighted by Crippen LogP contribution is -2.14. The maximum absolute atomic E-state index is 12.6. The van der Waals surface area contributed by atoms with Crippen LogP contribution in [0.3, 0.4) is 0 Å². The molecule has 6 heteroatoms. The minimum atomic E-state index is -0.480. The Morgan fingerprint density at radius 3 is 2.67 bits per heavy atom. The molecule has 1 aromatic heterocycles. The zero-order chi connectivity index (χ0) is 19.4. The van der Waals surface area contributed by atoms with Gasteiger partial charge in [0.25, 0.3) is 5.91 Å². The highest BCUT2D eigenvalue weighted by Gasteiger charge is 2.12. The van der Waals surface area contributed by atoms with Gasteiger partial charge in [-0.3, -0.25) is 4.79 Å². The Morgan fingerprint density at radius 2 is 1.96 bits per heavy atom. The number of rotatable bonds is 4. The molecular weight excluding hydrogens is 426 g/mol. The molecule has 2 aromatic carbocycles. The standard InChI is InChI=1S/C21H15BrClN3O/c1-14-4-7-17(23)12-20(14)25-21(27)15(13-24)11-19-3-2-10-26(19)18-8-5-16(22)6-9-18/h2-12H,1H3,(H,25,27)/b15-11-. The summed E-state index contributed by atoms with van der Waals surface area (Å²) in [6.45, 7) is 1.86. The maximum Gasteiger partial charge on any atom is 0.266 e. The van der Waals surface area contributed by atoms with Crippen molar-refractivity contribution < 1.29 is 4.79 Å². The van der Waals surface area contributed by atoms with Crippen LogP contribution in [0.2, 0.25) is 5.02 Å². The van der Waals surface area contributed by atoms with Gasteiger partial charge in [0.1, 0.15) is 11.6 Å². The molecule has 0 bridgehead atoms. The Kier molecular flexibility index (Phi) is 5.80. The summed E-state index contributed by atoms with van der Waals surface area (Å²) in [6, 6.07) is 18.7. The van der Waals surface area contributed by atoms with Crippen LogP contribution in [-0.4, -0.2) is 10.5 Å². The van der Waals surface area contributed by atoms with E-state index in [4.69, 9.17) is 11.6 Å². The van der Waals surface area contributed by atoms with Crippen LogP contribution >= 0.6 is 27.5 Å². The lowest BCUT2D eigenvalue weighted by Gasteiger charge is -2.09. The second-order valence-corrected chi connectivity index (χ2v) is 7.21. The summed E-state index contributed by atoms with van der Waals surface area (Å²) in [5, 5.41) is 12.7. The second-order valence-electron chi connectivity index (χ2n) is 5.86. The van der Waals surface area contributed by atoms with E-state index in [-0.39, 0.29) is 5.57 Å². The number of halogens is 2. The third-order valence-electron chi connectivity index (χ3n) is 3.99. The SMILES string of the molecule is Cc1ccc(Cl)cc1NC(=O)/C(C#N)=C\c1cccn1-c1ccc(Br)cc1. The first-order chi connectivity index (χ1) is 13.0. The Balaban J connectivity index is 1.90. The highest BCUT2D eigenvalue weighted by atomic mass is 79.9. The first kappa shape index (κ1) is 19.0. The Morgan fingerprint density at radius 1 is 1.22 bits per heavy atom. The monoisotopic (exact) mass is 439 g/mol. The fourth-order valence-electron chi connectivity index (χ4n) is 2.56. The van der Waals surface area contributed by atoms with Crippen molar-refractivity contribution in [3.8, 4) is 11.8 Å². The number of nitriles is 1. The van der Waals surface area contributed by atoms with Crippen molar-refractivity contribution >= 4 is 45.2 Å². The van der Waals surface area contributed by atoms with Crippen LogP contribution in [0.15, 0.2) is 70.8 Å². The smallest absolute Gasteiger partial charge is 0.266 e. The first-order valence-corrected chi connectivity index (χ1v) is 9.27. The molecule has 0 aliphatic carbocycles. The number of nitrogens with one attached hydrogen (secondary N) is 1. The van der Waals surface area contributed by atoms with Crippen LogP contribution in [0.5, 0.6) is 0 Å². The molecule has 0 fully saturated rings. The van der Waals surface area contributed by atoms with Crippen molar-refractivity contribution in [1.29, 1.82) is 5.26 Å². The van der Waals surface area contributed by atoms with Crippen molar-refractivity contribution in [3.05, 3.63) is 87.1 Å². The van der Waals surface area contributed by atoms with Crippen molar-refractivity contribution in [2.24, 2.45) is 0 Å². The van der Waals surface area contributed by atoms with Gasteiger partial charge in [0.15, 0.2) is 0 Å². The maximum atomic E-state index is 12.6. The van der Waals surface area contributed by atoms with E-state index in [1.807, 2.05) is 66.2 Å². The van der Waals surface area contributed by atoms with Gasteiger partial charge < -0.3 is 9.88 Å². The van der Waals surface area contributed by atoms with E-state index in [9.17, 15) is 10.1 Å². The van der Waals surface area contributed by atoms with Crippen LogP contribution < -0.4 is 5.32 Å². The molecule has 0 atom stereocenters. The number of aromatic nitrogens is 1. The van der Waals surface area contributed by atoms with E-state index in [0.29, 0.717) is 10.7 Å². The lowest BCUT2D eigenvalue weighted by atomic mass is 10.1. The van der Waals surface area contributed by atoms with Gasteiger partial charge in [-0.05, 0) is 67.1 Å². The van der Waals surface area contributed by atoms with E-state index in [0.717, 1.165) is 21.4 Å². The summed E-state index contributed by atoms with van der Waals surface area (Å²) in [4.78, 5) is 12.6. The molecule has 134 valence electrons. The average Bonchev–Trinajstić information content (AvgIpc) is 3.11. The van der Waals surface area contributed by atoms with E-state index < -0.39 is 5.91 Å². The minimum Gasteiger partial charge on any atom is -0.321 e. The number of hydrogen-bond acceptors (Lipinski definition) is 2. The number of anilines is 1. The molecule has 0 saturated carbocycles. The quantitative estimate of drug-likeness (QED) is 0.415. The normalized spacial score (nSPS) is 11.1.